The van der Waals surface area contributed by atoms with E-state index in [0.717, 1.165) is 35.8 Å². The average Bonchev–Trinajstić information content (AvgIpc) is 3.06. The molecule has 218 valence electrons. The van der Waals surface area contributed by atoms with Gasteiger partial charge in [0.05, 0.1) is 11.7 Å². The summed E-state index contributed by atoms with van der Waals surface area (Å²) < 4.78 is 0. The largest absolute Gasteiger partial charge is 0.363 e. The molecular formula is C38H41N5. The van der Waals surface area contributed by atoms with E-state index in [-0.39, 0.29) is 6.04 Å². The highest BCUT2D eigenvalue weighted by molar-refractivity contribution is 5.71. The van der Waals surface area contributed by atoms with E-state index in [1.54, 1.807) is 6.20 Å². The van der Waals surface area contributed by atoms with Crippen molar-refractivity contribution in [2.75, 3.05) is 15.1 Å². The normalized spacial score (nSPS) is 10.8. The van der Waals surface area contributed by atoms with Crippen LogP contribution in [0, 0.1) is 18.9 Å². The van der Waals surface area contributed by atoms with Crippen LogP contribution >= 0.6 is 0 Å². The van der Waals surface area contributed by atoms with E-state index < -0.39 is 0 Å². The van der Waals surface area contributed by atoms with Crippen LogP contribution in [0.1, 0.15) is 56.0 Å². The molecule has 4 aromatic carbocycles. The fraction of sp³-hybridized carbons (Fsp3) is 0.211. The van der Waals surface area contributed by atoms with Gasteiger partial charge in [-0.15, -0.1) is 0 Å². The van der Waals surface area contributed by atoms with Crippen molar-refractivity contribution in [2.24, 2.45) is 0 Å². The highest BCUT2D eigenvalue weighted by Crippen LogP contribution is 2.32. The molecule has 1 heterocycles. The number of nitrogens with one attached hydrogen (secondary N) is 1. The van der Waals surface area contributed by atoms with E-state index in [2.05, 4.69) is 132 Å². The first-order valence-electron chi connectivity index (χ1n) is 14.9. The van der Waals surface area contributed by atoms with E-state index in [1.165, 1.54) is 16.7 Å². The van der Waals surface area contributed by atoms with Gasteiger partial charge in [0.2, 0.25) is 5.95 Å². The molecule has 5 rings (SSSR count). The first-order chi connectivity index (χ1) is 21.1. The standard InChI is InChI=1S/C36H35N5.C2H6/c1-4-24-41(35-22-23-37-36(39-35)38-29(3)32-18-12-7-13-19-32)34-21-20-33(25-28(34)2)40(26-30-14-8-5-9-15-30)27-31-16-10-6-11-17-31;1-2/h5-23,25,29H,26-27H2,1-3H3,(H,37,38,39);1-2H3/t29-;/m0./s1. The van der Waals surface area contributed by atoms with Gasteiger partial charge >= 0.3 is 0 Å². The number of nitrogens with zero attached hydrogens (tertiary/aromatic N) is 4. The molecule has 0 bridgehead atoms. The highest BCUT2D eigenvalue weighted by Gasteiger charge is 2.16. The molecule has 0 radical (unpaired) electrons. The zero-order chi connectivity index (χ0) is 30.4. The number of aryl methyl sites for hydroxylation is 1. The monoisotopic (exact) mass is 567 g/mol. The molecule has 0 unspecified atom stereocenters. The second-order valence-electron chi connectivity index (χ2n) is 10.0. The topological polar surface area (TPSA) is 44.3 Å². The van der Waals surface area contributed by atoms with Crippen LogP contribution in [0.3, 0.4) is 0 Å². The van der Waals surface area contributed by atoms with Crippen molar-refractivity contribution < 1.29 is 0 Å². The van der Waals surface area contributed by atoms with Gasteiger partial charge in [-0.1, -0.05) is 111 Å². The maximum absolute atomic E-state index is 4.83. The van der Waals surface area contributed by atoms with Gasteiger partial charge in [-0.25, -0.2) is 4.98 Å². The molecule has 5 nitrogen and oxygen atoms in total. The minimum atomic E-state index is 0.0680. The molecule has 0 fully saturated rings. The van der Waals surface area contributed by atoms with Crippen LogP contribution in [-0.2, 0) is 13.1 Å². The van der Waals surface area contributed by atoms with Gasteiger partial charge in [-0.3, -0.25) is 4.90 Å². The maximum Gasteiger partial charge on any atom is 0.225 e. The van der Waals surface area contributed by atoms with Gasteiger partial charge in [-0.05, 0) is 61.2 Å². The Kier molecular flexibility index (Phi) is 11.3. The number of hydrogen-bond donors (Lipinski definition) is 1. The number of benzene rings is 4. The van der Waals surface area contributed by atoms with Crippen LogP contribution in [0.25, 0.3) is 0 Å². The summed E-state index contributed by atoms with van der Waals surface area (Å²) in [6.45, 7) is 11.7. The zero-order valence-corrected chi connectivity index (χ0v) is 25.8. The smallest absolute Gasteiger partial charge is 0.225 e. The predicted molar refractivity (Wildman–Crippen MR) is 181 cm³/mol. The third-order valence-corrected chi connectivity index (χ3v) is 6.96. The van der Waals surface area contributed by atoms with Crippen LogP contribution in [0.5, 0.6) is 0 Å². The minimum Gasteiger partial charge on any atom is -0.363 e. The lowest BCUT2D eigenvalue weighted by Crippen LogP contribution is -2.22. The summed E-state index contributed by atoms with van der Waals surface area (Å²) >= 11 is 0. The van der Waals surface area contributed by atoms with Crippen molar-refractivity contribution in [3.8, 4) is 12.0 Å². The predicted octanol–water partition coefficient (Wildman–Crippen LogP) is 9.31. The molecular weight excluding hydrogens is 526 g/mol. The van der Waals surface area contributed by atoms with Gasteiger partial charge in [0.15, 0.2) is 0 Å². The van der Waals surface area contributed by atoms with Gasteiger partial charge < -0.3 is 10.2 Å². The molecule has 0 saturated heterocycles. The highest BCUT2D eigenvalue weighted by atomic mass is 15.2. The van der Waals surface area contributed by atoms with E-state index in [9.17, 15) is 0 Å². The van der Waals surface area contributed by atoms with E-state index in [0.29, 0.717) is 5.95 Å². The van der Waals surface area contributed by atoms with Gasteiger partial charge in [0.1, 0.15) is 5.82 Å². The minimum absolute atomic E-state index is 0.0680. The lowest BCUT2D eigenvalue weighted by atomic mass is 10.1. The first kappa shape index (κ1) is 30.9. The first-order valence-corrected chi connectivity index (χ1v) is 14.9. The number of aromatic nitrogens is 2. The summed E-state index contributed by atoms with van der Waals surface area (Å²) in [6.07, 6.45) is 1.78. The Hall–Kier alpha value is -5.08. The Bertz CT molecular complexity index is 1570. The molecule has 0 aliphatic carbocycles. The second-order valence-corrected chi connectivity index (χ2v) is 10.0. The molecule has 0 saturated carbocycles. The molecule has 43 heavy (non-hydrogen) atoms. The SMILES string of the molecule is CC.CC#CN(c1ccnc(N[C@@H](C)c2ccccc2)n1)c1ccc(N(Cc2ccccc2)Cc2ccccc2)cc1C. The van der Waals surface area contributed by atoms with Crippen LogP contribution in [0.2, 0.25) is 0 Å². The Morgan fingerprint density at radius 2 is 1.35 bits per heavy atom. The van der Waals surface area contributed by atoms with E-state index in [1.807, 2.05) is 49.9 Å². The molecule has 5 aromatic rings. The van der Waals surface area contributed by atoms with Gasteiger partial charge in [-0.2, -0.15) is 4.98 Å². The summed E-state index contributed by atoms with van der Waals surface area (Å²) in [5.74, 6) is 4.35. The zero-order valence-electron chi connectivity index (χ0n) is 25.8. The quantitative estimate of drug-likeness (QED) is 0.135. The van der Waals surface area contributed by atoms with Crippen molar-refractivity contribution >= 4 is 23.1 Å². The Morgan fingerprint density at radius 1 is 0.767 bits per heavy atom. The summed E-state index contributed by atoms with van der Waals surface area (Å²) in [7, 11) is 0. The molecule has 5 heteroatoms. The van der Waals surface area contributed by atoms with Crippen molar-refractivity contribution in [1.82, 2.24) is 9.97 Å². The summed E-state index contributed by atoms with van der Waals surface area (Å²) in [5, 5.41) is 3.43. The Labute approximate surface area is 257 Å². The third-order valence-electron chi connectivity index (χ3n) is 6.96. The fourth-order valence-corrected chi connectivity index (χ4v) is 4.85. The molecule has 0 aliphatic rings. The summed E-state index contributed by atoms with van der Waals surface area (Å²) in [4.78, 5) is 13.7. The molecule has 1 N–H and O–H groups in total. The Morgan fingerprint density at radius 3 is 1.91 bits per heavy atom. The lowest BCUT2D eigenvalue weighted by Gasteiger charge is -2.27. The maximum atomic E-state index is 4.83. The molecule has 1 atom stereocenters. The lowest BCUT2D eigenvalue weighted by molar-refractivity contribution is 0.799. The van der Waals surface area contributed by atoms with Crippen molar-refractivity contribution in [2.45, 2.75) is 53.8 Å². The van der Waals surface area contributed by atoms with Crippen molar-refractivity contribution in [3.63, 3.8) is 0 Å². The van der Waals surface area contributed by atoms with Gasteiger partial charge in [0, 0.05) is 37.1 Å². The fourth-order valence-electron chi connectivity index (χ4n) is 4.85. The van der Waals surface area contributed by atoms with Crippen LogP contribution in [0.4, 0.5) is 23.1 Å². The second kappa shape index (κ2) is 15.8. The average molecular weight is 568 g/mol. The van der Waals surface area contributed by atoms with Crippen LogP contribution in [-0.4, -0.2) is 9.97 Å². The van der Waals surface area contributed by atoms with Gasteiger partial charge in [0.25, 0.3) is 0 Å². The third kappa shape index (κ3) is 8.47. The van der Waals surface area contributed by atoms with Crippen molar-refractivity contribution in [3.05, 3.63) is 144 Å². The summed E-state index contributed by atoms with van der Waals surface area (Å²) in [5.41, 5.74) is 6.98. The van der Waals surface area contributed by atoms with Crippen molar-refractivity contribution in [1.29, 1.82) is 0 Å². The number of anilines is 4. The molecule has 0 spiro atoms. The summed E-state index contributed by atoms with van der Waals surface area (Å²) in [6, 6.07) is 43.3. The number of hydrogen-bond acceptors (Lipinski definition) is 5. The van der Waals surface area contributed by atoms with E-state index in [4.69, 9.17) is 4.98 Å². The van der Waals surface area contributed by atoms with E-state index >= 15 is 0 Å². The number of rotatable bonds is 10. The molecule has 1 aromatic heterocycles. The Balaban J connectivity index is 0.00000207. The molecule has 0 aliphatic heterocycles. The molecule has 0 amide bonds. The van der Waals surface area contributed by atoms with Crippen LogP contribution < -0.4 is 15.1 Å². The van der Waals surface area contributed by atoms with Crippen LogP contribution in [0.15, 0.2) is 121 Å².